The van der Waals surface area contributed by atoms with Gasteiger partial charge in [-0.25, -0.2) is 9.36 Å². The Morgan fingerprint density at radius 1 is 0.936 bits per heavy atom. The average molecular weight is 673 g/mol. The summed E-state index contributed by atoms with van der Waals surface area (Å²) in [5.74, 6) is -0.632. The van der Waals surface area contributed by atoms with E-state index in [4.69, 9.17) is 13.8 Å². The van der Waals surface area contributed by atoms with E-state index in [9.17, 15) is 19.4 Å². The largest absolute Gasteiger partial charge is 0.472 e. The molecular weight excluding hydrogens is 613 g/mol. The second-order valence-electron chi connectivity index (χ2n) is 13.8. The van der Waals surface area contributed by atoms with E-state index >= 15 is 0 Å². The van der Waals surface area contributed by atoms with Gasteiger partial charge < -0.3 is 19.2 Å². The number of carbonyl (C=O) groups excluding carboxylic acids is 1. The molecule has 0 aliphatic heterocycles. The smallest absolute Gasteiger partial charge is 0.459 e. The minimum atomic E-state index is -4.41. The van der Waals surface area contributed by atoms with Crippen molar-refractivity contribution in [2.75, 3.05) is 47.5 Å². The van der Waals surface area contributed by atoms with Gasteiger partial charge in [-0.2, -0.15) is 0 Å². The number of hydrogen-bond donors (Lipinski definition) is 2. The van der Waals surface area contributed by atoms with Crippen molar-refractivity contribution in [1.82, 2.24) is 0 Å². The van der Waals surface area contributed by atoms with Crippen LogP contribution in [-0.2, 0) is 23.1 Å². The average Bonchev–Trinajstić information content (AvgIpc) is 2.95. The first-order valence-electron chi connectivity index (χ1n) is 16.2. The second-order valence-corrected chi connectivity index (χ2v) is 15.2. The van der Waals surface area contributed by atoms with Gasteiger partial charge in [0.05, 0.1) is 27.7 Å². The maximum absolute atomic E-state index is 12.3. The van der Waals surface area contributed by atoms with Crippen LogP contribution in [0.1, 0.15) is 67.7 Å². The predicted molar refractivity (Wildman–Crippen MR) is 194 cm³/mol. The summed E-state index contributed by atoms with van der Waals surface area (Å²) in [5.41, 5.74) is 6.86. The first-order chi connectivity index (χ1) is 21.8. The molecule has 9 heteroatoms. The van der Waals surface area contributed by atoms with Gasteiger partial charge in [-0.1, -0.05) is 109 Å². The molecule has 2 atom stereocenters. The van der Waals surface area contributed by atoms with E-state index in [1.54, 1.807) is 19.1 Å². The summed E-state index contributed by atoms with van der Waals surface area (Å²) >= 11 is 0. The van der Waals surface area contributed by atoms with Gasteiger partial charge in [-0.3, -0.25) is 9.05 Å². The highest BCUT2D eigenvalue weighted by Gasteiger charge is 2.28. The third-order valence-electron chi connectivity index (χ3n) is 7.53. The maximum atomic E-state index is 12.3. The number of esters is 1. The Balaban J connectivity index is 2.58. The first kappa shape index (κ1) is 42.2. The summed E-state index contributed by atoms with van der Waals surface area (Å²) in [6.07, 6.45) is 26.4. The highest BCUT2D eigenvalue weighted by Crippen LogP contribution is 2.44. The number of likely N-dealkylation sites (N-methyl/N-ethyl adjacent to an activating group) is 1. The minimum Gasteiger partial charge on any atom is -0.459 e. The van der Waals surface area contributed by atoms with E-state index < -0.39 is 33.1 Å². The summed E-state index contributed by atoms with van der Waals surface area (Å²) in [4.78, 5) is 22.2. The summed E-state index contributed by atoms with van der Waals surface area (Å²) in [7, 11) is 1.33. The number of hydrogen-bond acceptors (Lipinski definition) is 6. The Morgan fingerprint density at radius 2 is 1.49 bits per heavy atom. The van der Waals surface area contributed by atoms with Crippen molar-refractivity contribution < 1.29 is 37.6 Å². The number of allylic oxidation sites excluding steroid dienone is 17. The molecule has 0 amide bonds. The van der Waals surface area contributed by atoms with Crippen LogP contribution >= 0.6 is 7.82 Å². The molecule has 2 N–H and O–H groups in total. The molecule has 47 heavy (non-hydrogen) atoms. The van der Waals surface area contributed by atoms with Gasteiger partial charge in [-0.05, 0) is 64.9 Å². The molecule has 0 saturated carbocycles. The Kier molecular flexibility index (Phi) is 18.4. The van der Waals surface area contributed by atoms with Crippen LogP contribution < -0.4 is 0 Å². The SMILES string of the molecule is CC1=C(/C=C/C(C)=C/C=C/C(C)=C/C=C/C=C(C)/C=C/C=C(\C)C(=O)OCC(CO)OP(=O)(O)OCC[N+](C)(C)C)C(C)(C)CCC1. The van der Waals surface area contributed by atoms with E-state index in [-0.39, 0.29) is 12.0 Å². The molecule has 262 valence electrons. The molecule has 0 radical (unpaired) electrons. The van der Waals surface area contributed by atoms with Crippen LogP contribution in [0.4, 0.5) is 0 Å². The van der Waals surface area contributed by atoms with Gasteiger partial charge in [0.1, 0.15) is 25.9 Å². The van der Waals surface area contributed by atoms with Crippen LogP contribution in [0.2, 0.25) is 0 Å². The molecule has 0 aromatic heterocycles. The van der Waals surface area contributed by atoms with E-state index in [1.807, 2.05) is 58.4 Å². The summed E-state index contributed by atoms with van der Waals surface area (Å²) in [6, 6.07) is 0. The Labute approximate surface area is 284 Å². The number of carbonyl (C=O) groups is 1. The molecule has 1 aliphatic carbocycles. The number of nitrogens with zero attached hydrogens (tertiary/aromatic N) is 1. The fourth-order valence-electron chi connectivity index (χ4n) is 4.62. The minimum absolute atomic E-state index is 0.00571. The van der Waals surface area contributed by atoms with Crippen molar-refractivity contribution in [3.05, 3.63) is 106 Å². The van der Waals surface area contributed by atoms with Crippen molar-refractivity contribution >= 4 is 13.8 Å². The Morgan fingerprint density at radius 3 is 2.04 bits per heavy atom. The van der Waals surface area contributed by atoms with Crippen molar-refractivity contribution in [3.8, 4) is 0 Å². The zero-order valence-corrected chi connectivity index (χ0v) is 31.2. The van der Waals surface area contributed by atoms with Crippen molar-refractivity contribution in [2.24, 2.45) is 5.41 Å². The number of rotatable bonds is 18. The Bertz CT molecular complexity index is 1360. The lowest BCUT2D eigenvalue weighted by atomic mass is 9.72. The van der Waals surface area contributed by atoms with Gasteiger partial charge in [-0.15, -0.1) is 0 Å². The number of phosphoric ester groups is 1. The van der Waals surface area contributed by atoms with Gasteiger partial charge in [0, 0.05) is 5.57 Å². The van der Waals surface area contributed by atoms with Crippen molar-refractivity contribution in [2.45, 2.75) is 73.8 Å². The molecule has 1 rings (SSSR count). The molecule has 0 fully saturated rings. The highest BCUT2D eigenvalue weighted by atomic mass is 31.2. The molecule has 0 aromatic rings. The van der Waals surface area contributed by atoms with Gasteiger partial charge in [0.25, 0.3) is 0 Å². The number of quaternary nitrogens is 1. The first-order valence-corrected chi connectivity index (χ1v) is 17.7. The normalized spacial score (nSPS) is 19.4. The van der Waals surface area contributed by atoms with E-state index in [1.165, 1.54) is 36.0 Å². The fourth-order valence-corrected chi connectivity index (χ4v) is 5.50. The number of ether oxygens (including phenoxy) is 1. The lowest BCUT2D eigenvalue weighted by Gasteiger charge is -2.32. The highest BCUT2D eigenvalue weighted by molar-refractivity contribution is 7.47. The molecule has 0 saturated heterocycles. The topological polar surface area (TPSA) is 102 Å². The molecule has 2 unspecified atom stereocenters. The molecule has 1 aliphatic rings. The lowest BCUT2D eigenvalue weighted by Crippen LogP contribution is -2.37. The molecule has 0 spiro atoms. The number of phosphoric acid groups is 1. The quantitative estimate of drug-likeness (QED) is 0.0497. The monoisotopic (exact) mass is 672 g/mol. The number of aliphatic hydroxyl groups is 1. The van der Waals surface area contributed by atoms with Crippen LogP contribution in [0.3, 0.4) is 0 Å². The van der Waals surface area contributed by atoms with Crippen molar-refractivity contribution in [1.29, 1.82) is 0 Å². The predicted octanol–water partition coefficient (Wildman–Crippen LogP) is 8.27. The van der Waals surface area contributed by atoms with Gasteiger partial charge in [0.15, 0.2) is 0 Å². The van der Waals surface area contributed by atoms with Crippen LogP contribution in [0, 0.1) is 5.41 Å². The van der Waals surface area contributed by atoms with E-state index in [2.05, 4.69) is 65.0 Å². The molecule has 0 bridgehead atoms. The van der Waals surface area contributed by atoms with Crippen molar-refractivity contribution in [3.63, 3.8) is 0 Å². The molecule has 0 aromatic carbocycles. The van der Waals surface area contributed by atoms with E-state index in [0.29, 0.717) is 16.6 Å². The second kappa shape index (κ2) is 20.5. The van der Waals surface area contributed by atoms with Gasteiger partial charge in [0.2, 0.25) is 0 Å². The van der Waals surface area contributed by atoms with Crippen LogP contribution in [0.5, 0.6) is 0 Å². The van der Waals surface area contributed by atoms with Gasteiger partial charge >= 0.3 is 13.8 Å². The molecule has 0 heterocycles. The lowest BCUT2D eigenvalue weighted by molar-refractivity contribution is -0.870. The zero-order chi connectivity index (χ0) is 35.7. The molecular formula is C38H59NO7P+. The summed E-state index contributed by atoms with van der Waals surface area (Å²) in [5, 5.41) is 9.49. The third-order valence-corrected chi connectivity index (χ3v) is 8.61. The van der Waals surface area contributed by atoms with Crippen LogP contribution in [0.25, 0.3) is 0 Å². The Hall–Kier alpha value is -2.84. The maximum Gasteiger partial charge on any atom is 0.472 e. The third kappa shape index (κ3) is 18.9. The van der Waals surface area contributed by atoms with Crippen LogP contribution in [-0.4, -0.2) is 74.1 Å². The molecule has 8 nitrogen and oxygen atoms in total. The van der Waals surface area contributed by atoms with Crippen LogP contribution in [0.15, 0.2) is 106 Å². The van der Waals surface area contributed by atoms with E-state index in [0.717, 1.165) is 11.1 Å². The number of aliphatic hydroxyl groups excluding tert-OH is 1. The summed E-state index contributed by atoms with van der Waals surface area (Å²) in [6.45, 7) is 14.1. The zero-order valence-electron chi connectivity index (χ0n) is 30.3. The fraction of sp³-hybridized carbons (Fsp3) is 0.500. The summed E-state index contributed by atoms with van der Waals surface area (Å²) < 4.78 is 27.7. The standard InChI is InChI=1S/C38H58NO7P/c1-30(18-13-19-32(3)23-24-36-33(4)22-15-25-38(36,6)7)16-11-12-17-31(2)20-14-21-34(5)37(41)44-29-35(28-40)46-47(42,43)45-27-26-39(8,9)10/h11-14,16-21,23-24,35,40H,15,22,25-29H2,1-10H3/p+1/b12-11+,18-13+,20-14+,24-23+,30-16+,31-17+,32-19+,34-21+.